The third kappa shape index (κ3) is 3.57. The number of allylic oxidation sites excluding steroid dienone is 1. The molecule has 1 fully saturated rings. The Labute approximate surface area is 184 Å². The van der Waals surface area contributed by atoms with E-state index in [1.807, 2.05) is 31.5 Å². The monoisotopic (exact) mass is 431 g/mol. The van der Waals surface area contributed by atoms with Crippen LogP contribution >= 0.6 is 0 Å². The molecule has 0 aliphatic heterocycles. The number of carbonyl (C=O) groups excluding carboxylic acids is 2. The molecule has 2 N–H and O–H groups in total. The van der Waals surface area contributed by atoms with Crippen molar-refractivity contribution in [2.24, 2.45) is 13.0 Å². The number of amides is 2. The lowest BCUT2D eigenvalue weighted by Crippen LogP contribution is -2.21. The van der Waals surface area contributed by atoms with Crippen molar-refractivity contribution >= 4 is 29.3 Å². The fourth-order valence-corrected chi connectivity index (χ4v) is 3.99. The summed E-state index contributed by atoms with van der Waals surface area (Å²) in [6.45, 7) is 0. The van der Waals surface area contributed by atoms with E-state index in [0.29, 0.717) is 40.2 Å². The molecule has 8 heteroatoms. The van der Waals surface area contributed by atoms with Crippen LogP contribution in [0.3, 0.4) is 0 Å². The van der Waals surface area contributed by atoms with Gasteiger partial charge in [-0.3, -0.25) is 14.3 Å². The molecule has 0 radical (unpaired) electrons. The molecule has 5 rings (SSSR count). The number of fused-ring (bicyclic) bond motifs is 1. The van der Waals surface area contributed by atoms with Gasteiger partial charge in [-0.05, 0) is 42.2 Å². The van der Waals surface area contributed by atoms with Crippen LogP contribution in [0, 0.1) is 11.7 Å². The van der Waals surface area contributed by atoms with Crippen molar-refractivity contribution in [2.75, 3.05) is 12.4 Å². The van der Waals surface area contributed by atoms with E-state index in [1.54, 1.807) is 17.8 Å². The van der Waals surface area contributed by atoms with Gasteiger partial charge < -0.3 is 10.6 Å². The van der Waals surface area contributed by atoms with Gasteiger partial charge in [0.05, 0.1) is 11.3 Å². The zero-order chi connectivity index (χ0) is 22.4. The summed E-state index contributed by atoms with van der Waals surface area (Å²) in [5.74, 6) is -0.257. The Morgan fingerprint density at radius 3 is 2.69 bits per heavy atom. The number of nitrogens with zero attached hydrogens (tertiary/aromatic N) is 3. The predicted molar refractivity (Wildman–Crippen MR) is 119 cm³/mol. The number of hydrogen-bond donors (Lipinski definition) is 2. The van der Waals surface area contributed by atoms with Gasteiger partial charge in [0, 0.05) is 55.5 Å². The normalized spacial score (nSPS) is 14.7. The highest BCUT2D eigenvalue weighted by Crippen LogP contribution is 2.39. The molecule has 162 valence electrons. The van der Waals surface area contributed by atoms with Crippen molar-refractivity contribution in [1.29, 1.82) is 0 Å². The van der Waals surface area contributed by atoms with E-state index in [9.17, 15) is 9.59 Å². The van der Waals surface area contributed by atoms with Gasteiger partial charge in [-0.15, -0.1) is 0 Å². The molecular weight excluding hydrogens is 409 g/mol. The van der Waals surface area contributed by atoms with Gasteiger partial charge >= 0.3 is 0 Å². The molecule has 0 saturated heterocycles. The zero-order valence-corrected chi connectivity index (χ0v) is 17.8. The first-order valence-corrected chi connectivity index (χ1v) is 10.5. The molecule has 0 unspecified atom stereocenters. The third-order valence-corrected chi connectivity index (χ3v) is 5.90. The number of rotatable bonds is 5. The van der Waals surface area contributed by atoms with Crippen molar-refractivity contribution in [3.8, 4) is 11.3 Å². The molecule has 2 heterocycles. The maximum absolute atomic E-state index is 15.1. The van der Waals surface area contributed by atoms with Crippen molar-refractivity contribution in [1.82, 2.24) is 20.1 Å². The molecule has 0 spiro atoms. The van der Waals surface area contributed by atoms with Crippen molar-refractivity contribution < 1.29 is 14.0 Å². The first kappa shape index (κ1) is 20.1. The molecule has 0 bridgehead atoms. The summed E-state index contributed by atoms with van der Waals surface area (Å²) in [6, 6.07) is 6.86. The van der Waals surface area contributed by atoms with Gasteiger partial charge in [-0.25, -0.2) is 9.37 Å². The molecule has 1 saturated carbocycles. The number of carbonyl (C=O) groups is 2. The zero-order valence-electron chi connectivity index (χ0n) is 17.8. The Balaban J connectivity index is 1.51. The van der Waals surface area contributed by atoms with Crippen LogP contribution in [0.1, 0.15) is 39.9 Å². The van der Waals surface area contributed by atoms with E-state index in [0.717, 1.165) is 24.0 Å². The summed E-state index contributed by atoms with van der Waals surface area (Å²) in [5, 5.41) is 9.83. The lowest BCUT2D eigenvalue weighted by Gasteiger charge is -2.12. The molecule has 32 heavy (non-hydrogen) atoms. The average Bonchev–Trinajstić information content (AvgIpc) is 3.40. The van der Waals surface area contributed by atoms with Gasteiger partial charge in [0.25, 0.3) is 5.91 Å². The maximum atomic E-state index is 15.1. The summed E-state index contributed by atoms with van der Waals surface area (Å²) in [6.07, 6.45) is 7.20. The van der Waals surface area contributed by atoms with Crippen LogP contribution in [-0.4, -0.2) is 33.6 Å². The lowest BCUT2D eigenvalue weighted by molar-refractivity contribution is -0.117. The Morgan fingerprint density at radius 1 is 1.22 bits per heavy atom. The standard InChI is InChI=1S/C24H22FN5O2/c1-26-24(32)19-12-27-22(28-23(31)13-3-4-13)18-10-15(9-17(18)19)16-6-5-14(11-20(16)25)21-7-8-30(2)29-21/h5-9,11-13H,3-4,10H2,1-2H3,(H,26,32)(H,27,28,31). The lowest BCUT2D eigenvalue weighted by atomic mass is 10.0. The van der Waals surface area contributed by atoms with Crippen LogP contribution in [0.5, 0.6) is 0 Å². The number of anilines is 1. The van der Waals surface area contributed by atoms with Crippen LogP contribution in [0.15, 0.2) is 36.7 Å². The highest BCUT2D eigenvalue weighted by atomic mass is 19.1. The smallest absolute Gasteiger partial charge is 0.253 e. The van der Waals surface area contributed by atoms with E-state index in [1.165, 1.54) is 12.3 Å². The Kier molecular flexibility index (Phi) is 4.84. The topological polar surface area (TPSA) is 88.9 Å². The van der Waals surface area contributed by atoms with Crippen molar-refractivity contribution in [2.45, 2.75) is 19.3 Å². The minimum Gasteiger partial charge on any atom is -0.355 e. The first-order chi connectivity index (χ1) is 15.4. The number of benzene rings is 1. The number of nitrogens with one attached hydrogen (secondary N) is 2. The first-order valence-electron chi connectivity index (χ1n) is 10.5. The van der Waals surface area contributed by atoms with Crippen LogP contribution in [0.25, 0.3) is 22.9 Å². The fraction of sp³-hybridized carbons (Fsp3) is 0.250. The fourth-order valence-electron chi connectivity index (χ4n) is 3.99. The average molecular weight is 431 g/mol. The van der Waals surface area contributed by atoms with Crippen molar-refractivity contribution in [3.63, 3.8) is 0 Å². The molecule has 2 aromatic heterocycles. The minimum atomic E-state index is -0.370. The highest BCUT2D eigenvalue weighted by Gasteiger charge is 2.32. The van der Waals surface area contributed by atoms with Crippen LogP contribution in [0.4, 0.5) is 10.2 Å². The molecule has 2 aliphatic carbocycles. The summed E-state index contributed by atoms with van der Waals surface area (Å²) in [7, 11) is 3.36. The number of pyridine rings is 1. The Bertz CT molecular complexity index is 1290. The summed E-state index contributed by atoms with van der Waals surface area (Å²) in [5.41, 5.74) is 4.34. The third-order valence-electron chi connectivity index (χ3n) is 5.90. The number of hydrogen-bond acceptors (Lipinski definition) is 4. The number of halogens is 1. The molecule has 2 amide bonds. The van der Waals surface area contributed by atoms with Crippen LogP contribution in [-0.2, 0) is 18.3 Å². The second-order valence-electron chi connectivity index (χ2n) is 8.17. The van der Waals surface area contributed by atoms with Gasteiger partial charge in [-0.2, -0.15) is 5.10 Å². The molecule has 7 nitrogen and oxygen atoms in total. The van der Waals surface area contributed by atoms with E-state index in [4.69, 9.17) is 0 Å². The van der Waals surface area contributed by atoms with E-state index >= 15 is 4.39 Å². The van der Waals surface area contributed by atoms with Crippen LogP contribution < -0.4 is 10.6 Å². The van der Waals surface area contributed by atoms with Gasteiger partial charge in [0.2, 0.25) is 5.91 Å². The second-order valence-corrected chi connectivity index (χ2v) is 8.17. The summed E-state index contributed by atoms with van der Waals surface area (Å²) < 4.78 is 16.8. The number of aromatic nitrogens is 3. The molecule has 0 atom stereocenters. The van der Waals surface area contributed by atoms with Crippen molar-refractivity contribution in [3.05, 3.63) is 64.7 Å². The molecular formula is C24H22FN5O2. The van der Waals surface area contributed by atoms with Gasteiger partial charge in [-0.1, -0.05) is 12.1 Å². The van der Waals surface area contributed by atoms with E-state index in [2.05, 4.69) is 20.7 Å². The Morgan fingerprint density at radius 2 is 2.03 bits per heavy atom. The summed E-state index contributed by atoms with van der Waals surface area (Å²) >= 11 is 0. The predicted octanol–water partition coefficient (Wildman–Crippen LogP) is 3.43. The number of aryl methyl sites for hydroxylation is 1. The van der Waals surface area contributed by atoms with Gasteiger partial charge in [0.15, 0.2) is 0 Å². The Hall–Kier alpha value is -3.81. The molecule has 2 aliphatic rings. The maximum Gasteiger partial charge on any atom is 0.253 e. The SMILES string of the molecule is CNC(=O)c1cnc(NC(=O)C2CC2)c2c1C=C(c1ccc(-c3ccn(C)n3)cc1F)C2. The summed E-state index contributed by atoms with van der Waals surface area (Å²) in [4.78, 5) is 29.0. The van der Waals surface area contributed by atoms with Crippen LogP contribution in [0.2, 0.25) is 0 Å². The molecule has 1 aromatic carbocycles. The minimum absolute atomic E-state index is 0.0245. The largest absolute Gasteiger partial charge is 0.355 e. The second kappa shape index (κ2) is 7.71. The highest BCUT2D eigenvalue weighted by molar-refractivity contribution is 6.04. The van der Waals surface area contributed by atoms with E-state index < -0.39 is 0 Å². The molecule has 3 aromatic rings. The quantitative estimate of drug-likeness (QED) is 0.648. The van der Waals surface area contributed by atoms with E-state index in [-0.39, 0.29) is 23.5 Å². The van der Waals surface area contributed by atoms with Gasteiger partial charge in [0.1, 0.15) is 11.6 Å².